The number of anilines is 4. The summed E-state index contributed by atoms with van der Waals surface area (Å²) >= 11 is 0. The van der Waals surface area contributed by atoms with E-state index in [0.29, 0.717) is 50.7 Å². The molecule has 0 aliphatic heterocycles. The minimum Gasteiger partial charge on any atom is -0.744 e. The molecule has 0 aliphatic rings. The van der Waals surface area contributed by atoms with E-state index in [9.17, 15) is 40.3 Å². The molecule has 20 heteroatoms. The normalized spacial score (nSPS) is 10.9. The van der Waals surface area contributed by atoms with E-state index in [-0.39, 0.29) is 33.3 Å². The van der Waals surface area contributed by atoms with E-state index in [1.807, 2.05) is 37.7 Å². The largest absolute Gasteiger partial charge is 0.744 e. The van der Waals surface area contributed by atoms with Gasteiger partial charge in [-0.3, -0.25) is 31.0 Å². The second kappa shape index (κ2) is 23.2. The minimum absolute atomic E-state index is 0.178. The number of carbonyl (C=O) groups is 3. The van der Waals surface area contributed by atoms with Crippen molar-refractivity contribution in [1.82, 2.24) is 0 Å². The van der Waals surface area contributed by atoms with Crippen molar-refractivity contribution in [1.29, 1.82) is 0 Å². The second-order valence-corrected chi connectivity index (χ2v) is 17.5. The smallest absolute Gasteiger partial charge is 0.270 e. The number of hydrogen-bond donors (Lipinski definition) is 6. The van der Waals surface area contributed by atoms with Crippen molar-refractivity contribution in [2.24, 2.45) is 23.1 Å². The summed E-state index contributed by atoms with van der Waals surface area (Å²) in [6, 6.07) is 42.0. The van der Waals surface area contributed by atoms with Crippen LogP contribution in [0.4, 0.5) is 28.4 Å². The number of aromatic nitrogens is 1. The molecule has 0 saturated carbocycles. The first-order valence-corrected chi connectivity index (χ1v) is 22.9. The summed E-state index contributed by atoms with van der Waals surface area (Å²) in [6.45, 7) is 3.64. The fourth-order valence-electron chi connectivity index (χ4n) is 5.65. The minimum atomic E-state index is -4.27. The number of carbonyl (C=O) groups excluding carboxylic acids is 3. The zero-order valence-electron chi connectivity index (χ0n) is 36.7. The van der Waals surface area contributed by atoms with Gasteiger partial charge in [-0.15, -0.1) is 5.11 Å². The fourth-order valence-corrected chi connectivity index (χ4v) is 6.59. The molecule has 0 fully saturated rings. The third-order valence-electron chi connectivity index (χ3n) is 9.32. The number of nitrogens with two attached hydrogens (primary N) is 2. The van der Waals surface area contributed by atoms with Crippen LogP contribution in [0.3, 0.4) is 0 Å². The van der Waals surface area contributed by atoms with Crippen molar-refractivity contribution in [2.45, 2.75) is 23.6 Å². The number of nitrogens with zero attached hydrogens (tertiary/aromatic N) is 3. The first-order chi connectivity index (χ1) is 32.2. The molecule has 0 aliphatic carbocycles. The lowest BCUT2D eigenvalue weighted by molar-refractivity contribution is -0.670. The zero-order valence-corrected chi connectivity index (χ0v) is 38.3. The van der Waals surface area contributed by atoms with Gasteiger partial charge in [-0.05, 0) is 141 Å². The van der Waals surface area contributed by atoms with Gasteiger partial charge in [-0.1, -0.05) is 40.6 Å². The highest BCUT2D eigenvalue weighted by molar-refractivity contribution is 7.86. The number of pyridine rings is 1. The van der Waals surface area contributed by atoms with Gasteiger partial charge in [-0.2, -0.15) is 0 Å². The number of rotatable bonds is 12. The van der Waals surface area contributed by atoms with Crippen molar-refractivity contribution >= 4 is 72.2 Å². The van der Waals surface area contributed by atoms with Crippen LogP contribution >= 0.6 is 0 Å². The van der Waals surface area contributed by atoms with Gasteiger partial charge in [-0.25, -0.2) is 21.4 Å². The summed E-state index contributed by atoms with van der Waals surface area (Å²) in [5.74, 6) is -0.708. The maximum atomic E-state index is 12.8. The van der Waals surface area contributed by atoms with Gasteiger partial charge in [0.05, 0.1) is 26.7 Å². The number of benzene rings is 6. The standard InChI is InChI=1S/C34H29N9O3.2C7H8O3S/c1-43-20-2-3-30(21-43)39-34(46)25-10-12-26(13-11-25)37-32(44)23-4-6-24(7-5-23)33(45)38-27-16-18-29(19-17-27)41-42-40-28-14-8-22(9-15-28)31(35)36;2*1-6-2-4-7(5-3-6)11(8,9)10/h2-21H,1H3,(H6-,35,36,37,38,39,40,41,42,44,45,46);2*2-5H,1H3,(H,8,9,10). The number of hydrogen-bond acceptors (Lipinski definition) is 11. The third kappa shape index (κ3) is 15.9. The summed E-state index contributed by atoms with van der Waals surface area (Å²) in [4.78, 5) is 37.7. The van der Waals surface area contributed by atoms with Gasteiger partial charge in [0.15, 0.2) is 12.4 Å². The Morgan fingerprint density at radius 3 is 1.29 bits per heavy atom. The second-order valence-electron chi connectivity index (χ2n) is 14.7. The molecule has 8 N–H and O–H groups in total. The Labute approximate surface area is 392 Å². The monoisotopic (exact) mass is 955 g/mol. The lowest BCUT2D eigenvalue weighted by Gasteiger charge is -2.09. The zero-order chi connectivity index (χ0) is 49.4. The van der Waals surface area contributed by atoms with Crippen LogP contribution in [-0.4, -0.2) is 49.5 Å². The van der Waals surface area contributed by atoms with Crippen LogP contribution < -0.4 is 37.1 Å². The molecule has 0 bridgehead atoms. The van der Waals surface area contributed by atoms with Gasteiger partial charge in [0, 0.05) is 34.1 Å². The SMILES string of the molecule is C[n+]1cccc(NC(=O)c2ccc(NC(=O)c3ccc(C(=O)Nc4ccc(NN=Nc5ccc(C(N)=[NH2+])cc5)cc4)cc3)cc2)c1.Cc1ccc(S(=O)(=O)[O-])cc1.Cc1ccc(S(=O)(=O)[O-])cc1. The Kier molecular flexibility index (Phi) is 17.2. The lowest BCUT2D eigenvalue weighted by Crippen LogP contribution is -2.46. The molecule has 1 heterocycles. The molecule has 6 aromatic carbocycles. The van der Waals surface area contributed by atoms with Gasteiger partial charge in [0.25, 0.3) is 23.6 Å². The van der Waals surface area contributed by atoms with E-state index in [2.05, 4.69) is 31.7 Å². The maximum Gasteiger partial charge on any atom is 0.270 e. The molecule has 18 nitrogen and oxygen atoms in total. The van der Waals surface area contributed by atoms with Crippen LogP contribution in [0.25, 0.3) is 0 Å². The number of aryl methyl sites for hydroxylation is 3. The van der Waals surface area contributed by atoms with Crippen molar-refractivity contribution in [2.75, 3.05) is 21.4 Å². The van der Waals surface area contributed by atoms with Gasteiger partial charge in [0.1, 0.15) is 33.0 Å². The molecular weight excluding hydrogens is 911 g/mol. The highest BCUT2D eigenvalue weighted by Gasteiger charge is 2.12. The average Bonchev–Trinajstić information content (AvgIpc) is 3.30. The van der Waals surface area contributed by atoms with E-state index in [1.165, 1.54) is 24.3 Å². The van der Waals surface area contributed by atoms with Gasteiger partial charge >= 0.3 is 0 Å². The van der Waals surface area contributed by atoms with E-state index in [4.69, 9.17) is 11.1 Å². The molecule has 0 unspecified atom stereocenters. The van der Waals surface area contributed by atoms with Crippen molar-refractivity contribution in [3.8, 4) is 0 Å². The Bertz CT molecular complexity index is 3060. The summed E-state index contributed by atoms with van der Waals surface area (Å²) in [6.07, 6.45) is 3.67. The van der Waals surface area contributed by atoms with E-state index >= 15 is 0 Å². The van der Waals surface area contributed by atoms with Crippen molar-refractivity contribution in [3.05, 3.63) is 203 Å². The molecule has 0 saturated heterocycles. The van der Waals surface area contributed by atoms with Crippen LogP contribution in [0, 0.1) is 13.8 Å². The summed E-state index contributed by atoms with van der Waals surface area (Å²) in [5.41, 5.74) is 15.2. The van der Waals surface area contributed by atoms with Crippen LogP contribution in [0.2, 0.25) is 0 Å². The summed E-state index contributed by atoms with van der Waals surface area (Å²) < 4.78 is 64.2. The predicted molar refractivity (Wildman–Crippen MR) is 254 cm³/mol. The summed E-state index contributed by atoms with van der Waals surface area (Å²) in [5, 5.41) is 22.1. The van der Waals surface area contributed by atoms with E-state index < -0.39 is 20.2 Å². The molecule has 1 aromatic heterocycles. The maximum absolute atomic E-state index is 12.8. The molecule has 0 atom stereocenters. The quantitative estimate of drug-likeness (QED) is 0.0217. The van der Waals surface area contributed by atoms with Gasteiger partial charge < -0.3 is 25.1 Å². The lowest BCUT2D eigenvalue weighted by atomic mass is 10.1. The summed E-state index contributed by atoms with van der Waals surface area (Å²) in [7, 11) is -6.67. The number of amidine groups is 1. The molecule has 68 heavy (non-hydrogen) atoms. The first kappa shape index (κ1) is 50.6. The highest BCUT2D eigenvalue weighted by Crippen LogP contribution is 2.19. The van der Waals surface area contributed by atoms with Crippen molar-refractivity contribution < 1.29 is 50.3 Å². The molecule has 7 aromatic rings. The van der Waals surface area contributed by atoms with Crippen LogP contribution in [-0.2, 0) is 27.3 Å². The number of amides is 3. The molecule has 3 amide bonds. The third-order valence-corrected chi connectivity index (χ3v) is 11.0. The fraction of sp³-hybridized carbons (Fsp3) is 0.0625. The topological polar surface area (TPSA) is 294 Å². The van der Waals surface area contributed by atoms with Crippen molar-refractivity contribution in [3.63, 3.8) is 0 Å². The van der Waals surface area contributed by atoms with Gasteiger partial charge in [0.2, 0.25) is 0 Å². The molecule has 0 radical (unpaired) electrons. The number of nitrogens with one attached hydrogen (secondary N) is 4. The Morgan fingerprint density at radius 1 is 0.529 bits per heavy atom. The molecule has 0 spiro atoms. The molecule has 348 valence electrons. The van der Waals surface area contributed by atoms with E-state index in [0.717, 1.165) is 11.1 Å². The Morgan fingerprint density at radius 2 is 0.897 bits per heavy atom. The molecule has 7 rings (SSSR count). The predicted octanol–water partition coefficient (Wildman–Crippen LogP) is 5.64. The van der Waals surface area contributed by atoms with Crippen LogP contribution in [0.1, 0.15) is 47.8 Å². The average molecular weight is 956 g/mol. The first-order valence-electron chi connectivity index (χ1n) is 20.1. The van der Waals surface area contributed by atoms with Crippen LogP contribution in [0.5, 0.6) is 0 Å². The van der Waals surface area contributed by atoms with Crippen LogP contribution in [0.15, 0.2) is 190 Å². The molecular formula is C48H45N9O9S2. The van der Waals surface area contributed by atoms with E-state index in [1.54, 1.807) is 134 Å². The Balaban J connectivity index is 0.000000319. The highest BCUT2D eigenvalue weighted by atomic mass is 32.2. The Hall–Kier alpha value is -8.43.